The van der Waals surface area contributed by atoms with Gasteiger partial charge >= 0.3 is 5.97 Å². The van der Waals surface area contributed by atoms with Crippen LogP contribution in [-0.4, -0.2) is 28.5 Å². The summed E-state index contributed by atoms with van der Waals surface area (Å²) < 4.78 is 32.9. The molecule has 0 aliphatic carbocycles. The van der Waals surface area contributed by atoms with Crippen LogP contribution in [0.15, 0.2) is 47.0 Å². The smallest absolute Gasteiger partial charge is 0.316 e. The molecule has 30 heavy (non-hydrogen) atoms. The number of nitriles is 1. The molecule has 8 heteroatoms. The molecule has 2 aliphatic rings. The Morgan fingerprint density at radius 3 is 2.67 bits per heavy atom. The van der Waals surface area contributed by atoms with Crippen molar-refractivity contribution in [3.63, 3.8) is 0 Å². The number of rotatable bonds is 2. The number of nitrogens with one attached hydrogen (secondary N) is 1. The van der Waals surface area contributed by atoms with Crippen LogP contribution in [0.4, 0.5) is 8.78 Å². The lowest BCUT2D eigenvalue weighted by Crippen LogP contribution is -2.29. The van der Waals surface area contributed by atoms with Crippen LogP contribution in [0.3, 0.4) is 0 Å². The highest BCUT2D eigenvalue weighted by Gasteiger charge is 2.46. The number of halogens is 2. The summed E-state index contributed by atoms with van der Waals surface area (Å²) in [6.07, 6.45) is 0. The van der Waals surface area contributed by atoms with Gasteiger partial charge in [0, 0.05) is 28.6 Å². The van der Waals surface area contributed by atoms with Crippen LogP contribution < -0.4 is 0 Å². The Morgan fingerprint density at radius 1 is 1.17 bits per heavy atom. The molecule has 3 aromatic rings. The Morgan fingerprint density at radius 2 is 1.93 bits per heavy atom. The van der Waals surface area contributed by atoms with Crippen molar-refractivity contribution in [3.8, 4) is 6.07 Å². The maximum Gasteiger partial charge on any atom is 0.316 e. The molecular formula is C22H14F2N4O2. The third kappa shape index (κ3) is 2.70. The van der Waals surface area contributed by atoms with E-state index in [1.54, 1.807) is 12.1 Å². The minimum atomic E-state index is -0.775. The zero-order valence-electron chi connectivity index (χ0n) is 15.7. The molecule has 3 heterocycles. The predicted molar refractivity (Wildman–Crippen MR) is 104 cm³/mol. The highest BCUT2D eigenvalue weighted by molar-refractivity contribution is 6.12. The van der Waals surface area contributed by atoms with E-state index in [1.165, 1.54) is 0 Å². The molecule has 148 valence electrons. The number of fused-ring (bicyclic) bond motifs is 2. The number of esters is 1. The molecule has 0 amide bonds. The summed E-state index contributed by atoms with van der Waals surface area (Å²) in [5.74, 6) is -3.46. The molecule has 2 atom stereocenters. The lowest BCUT2D eigenvalue weighted by molar-refractivity contribution is -0.141. The van der Waals surface area contributed by atoms with Gasteiger partial charge < -0.3 is 4.74 Å². The van der Waals surface area contributed by atoms with E-state index in [0.717, 1.165) is 34.8 Å². The van der Waals surface area contributed by atoms with E-state index < -0.39 is 29.4 Å². The van der Waals surface area contributed by atoms with E-state index in [1.807, 2.05) is 13.0 Å². The van der Waals surface area contributed by atoms with E-state index in [-0.39, 0.29) is 23.4 Å². The van der Waals surface area contributed by atoms with E-state index in [4.69, 9.17) is 4.74 Å². The number of aryl methyl sites for hydroxylation is 1. The molecule has 2 unspecified atom stereocenters. The number of carbonyl (C=O) groups is 1. The van der Waals surface area contributed by atoms with Crippen molar-refractivity contribution in [2.24, 2.45) is 10.9 Å². The van der Waals surface area contributed by atoms with E-state index >= 15 is 0 Å². The number of hydrogen-bond acceptors (Lipinski definition) is 5. The van der Waals surface area contributed by atoms with Gasteiger partial charge in [0.05, 0.1) is 28.6 Å². The molecular weight excluding hydrogens is 390 g/mol. The van der Waals surface area contributed by atoms with Gasteiger partial charge in [0.25, 0.3) is 0 Å². The first-order valence-corrected chi connectivity index (χ1v) is 9.25. The number of cyclic esters (lactones) is 1. The fourth-order valence-electron chi connectivity index (χ4n) is 4.15. The topological polar surface area (TPSA) is 91.1 Å². The molecule has 5 rings (SSSR count). The van der Waals surface area contributed by atoms with Gasteiger partial charge in [-0.3, -0.25) is 14.9 Å². The summed E-state index contributed by atoms with van der Waals surface area (Å²) in [7, 11) is 0. The average molecular weight is 404 g/mol. The lowest BCUT2D eigenvalue weighted by Gasteiger charge is -2.27. The van der Waals surface area contributed by atoms with Crippen molar-refractivity contribution in [2.45, 2.75) is 12.8 Å². The number of hydrogen-bond donors (Lipinski definition) is 1. The van der Waals surface area contributed by atoms with Crippen LogP contribution in [0, 0.1) is 35.8 Å². The van der Waals surface area contributed by atoms with Crippen molar-refractivity contribution in [1.29, 1.82) is 5.26 Å². The number of aliphatic imine (C=N–C) groups is 1. The normalized spacial score (nSPS) is 20.7. The minimum Gasteiger partial charge on any atom is -0.459 e. The fraction of sp³-hybridized carbons (Fsp3) is 0.182. The highest BCUT2D eigenvalue weighted by Crippen LogP contribution is 2.44. The third-order valence-electron chi connectivity index (χ3n) is 5.51. The second kappa shape index (κ2) is 6.59. The van der Waals surface area contributed by atoms with Gasteiger partial charge in [0.2, 0.25) is 0 Å². The number of H-pyrrole nitrogens is 1. The molecule has 2 aliphatic heterocycles. The minimum absolute atomic E-state index is 0.0208. The van der Waals surface area contributed by atoms with Crippen molar-refractivity contribution in [2.75, 3.05) is 6.61 Å². The average Bonchev–Trinajstić information content (AvgIpc) is 3.28. The summed E-state index contributed by atoms with van der Waals surface area (Å²) in [6, 6.07) is 10.6. The first-order chi connectivity index (χ1) is 14.5. The molecule has 2 aromatic carbocycles. The second-order valence-corrected chi connectivity index (χ2v) is 7.32. The zero-order chi connectivity index (χ0) is 21.0. The number of aromatic amines is 1. The number of allylic oxidation sites excluding steroid dienone is 1. The van der Waals surface area contributed by atoms with Crippen LogP contribution in [0.2, 0.25) is 0 Å². The van der Waals surface area contributed by atoms with Gasteiger partial charge in [-0.05, 0) is 36.8 Å². The van der Waals surface area contributed by atoms with Crippen LogP contribution in [0.5, 0.6) is 0 Å². The molecule has 6 nitrogen and oxygen atoms in total. The van der Waals surface area contributed by atoms with Gasteiger partial charge in [0.15, 0.2) is 0 Å². The highest BCUT2D eigenvalue weighted by atomic mass is 19.1. The molecule has 1 aromatic heterocycles. The first-order valence-electron chi connectivity index (χ1n) is 9.25. The van der Waals surface area contributed by atoms with Gasteiger partial charge in [-0.2, -0.15) is 10.4 Å². The second-order valence-electron chi connectivity index (χ2n) is 7.32. The largest absolute Gasteiger partial charge is 0.459 e. The van der Waals surface area contributed by atoms with Gasteiger partial charge in [-0.25, -0.2) is 8.78 Å². The third-order valence-corrected chi connectivity index (χ3v) is 5.51. The first kappa shape index (κ1) is 18.2. The van der Waals surface area contributed by atoms with Crippen LogP contribution in [-0.2, 0) is 9.53 Å². The molecule has 0 radical (unpaired) electrons. The maximum atomic E-state index is 13.9. The van der Waals surface area contributed by atoms with Crippen LogP contribution in [0.25, 0.3) is 16.6 Å². The lowest BCUT2D eigenvalue weighted by atomic mass is 9.75. The summed E-state index contributed by atoms with van der Waals surface area (Å²) in [5.41, 5.74) is 3.19. The van der Waals surface area contributed by atoms with E-state index in [2.05, 4.69) is 21.3 Å². The zero-order valence-corrected chi connectivity index (χ0v) is 15.7. The Bertz CT molecular complexity index is 1310. The van der Waals surface area contributed by atoms with Crippen LogP contribution in [0.1, 0.15) is 22.7 Å². The molecule has 0 saturated carbocycles. The molecule has 1 saturated heterocycles. The molecule has 1 N–H and O–H groups in total. The molecule has 1 fully saturated rings. The maximum absolute atomic E-state index is 13.9. The van der Waals surface area contributed by atoms with E-state index in [9.17, 15) is 18.8 Å². The summed E-state index contributed by atoms with van der Waals surface area (Å²) >= 11 is 0. The van der Waals surface area contributed by atoms with Gasteiger partial charge in [-0.15, -0.1) is 0 Å². The number of aromatic nitrogens is 2. The van der Waals surface area contributed by atoms with Gasteiger partial charge in [0.1, 0.15) is 24.2 Å². The SMILES string of the molecule is Cc1[nH]nc2ccc(C3C(C#N)=C(c4cc(F)cc(F)c4)N=C4COC(=O)C43)cc12. The van der Waals surface area contributed by atoms with Crippen molar-refractivity contribution in [1.82, 2.24) is 10.2 Å². The van der Waals surface area contributed by atoms with Crippen molar-refractivity contribution in [3.05, 3.63) is 70.4 Å². The van der Waals surface area contributed by atoms with Gasteiger partial charge in [-0.1, -0.05) is 6.07 Å². The monoisotopic (exact) mass is 404 g/mol. The predicted octanol–water partition coefficient (Wildman–Crippen LogP) is 3.80. The summed E-state index contributed by atoms with van der Waals surface area (Å²) in [5, 5.41) is 18.0. The number of ether oxygens (including phenoxy) is 1. The van der Waals surface area contributed by atoms with Crippen molar-refractivity contribution >= 4 is 28.3 Å². The number of benzene rings is 2. The summed E-state index contributed by atoms with van der Waals surface area (Å²) in [6.45, 7) is 1.85. The number of nitrogens with zero attached hydrogens (tertiary/aromatic N) is 3. The van der Waals surface area contributed by atoms with Crippen LogP contribution >= 0.6 is 0 Å². The standard InChI is InChI=1S/C22H14F2N4O2/c1-10-15-6-11(2-3-17(15)28-27-10)19-16(8-25)21(12-4-13(23)7-14(24)5-12)26-18-9-30-22(29)20(18)19/h2-7,19-20H,9H2,1H3,(H,27,28). The molecule has 0 bridgehead atoms. The number of carbonyl (C=O) groups excluding carboxylic acids is 1. The Hall–Kier alpha value is -3.86. The fourth-order valence-corrected chi connectivity index (χ4v) is 4.15. The summed E-state index contributed by atoms with van der Waals surface area (Å²) in [4.78, 5) is 16.9. The molecule has 0 spiro atoms. The quantitative estimate of drug-likeness (QED) is 0.658. The van der Waals surface area contributed by atoms with Crippen molar-refractivity contribution < 1.29 is 18.3 Å². The Kier molecular flexibility index (Phi) is 4.00. The Labute approximate surface area is 169 Å². The Balaban J connectivity index is 1.76. The van der Waals surface area contributed by atoms with E-state index in [0.29, 0.717) is 11.3 Å².